The second kappa shape index (κ2) is 6.48. The molecule has 0 unspecified atom stereocenters. The fraction of sp³-hybridized carbons (Fsp3) is 0.529. The van der Waals surface area contributed by atoms with Crippen LogP contribution in [0.5, 0.6) is 5.75 Å². The predicted molar refractivity (Wildman–Crippen MR) is 85.6 cm³/mol. The van der Waals surface area contributed by atoms with E-state index in [2.05, 4.69) is 33.9 Å². The smallest absolute Gasteiger partial charge is 0.149 e. The third-order valence-corrected chi connectivity index (χ3v) is 4.45. The van der Waals surface area contributed by atoms with Crippen molar-refractivity contribution in [3.05, 3.63) is 41.5 Å². The molecule has 0 fully saturated rings. The molecule has 2 atom stereocenters. The summed E-state index contributed by atoms with van der Waals surface area (Å²) in [5.41, 5.74) is 0.940. The number of aryl methyl sites for hydroxylation is 1. The van der Waals surface area contributed by atoms with Crippen molar-refractivity contribution in [1.29, 1.82) is 0 Å². The Morgan fingerprint density at radius 3 is 2.86 bits per heavy atom. The molecular weight excluding hydrogens is 276 g/mol. The van der Waals surface area contributed by atoms with Gasteiger partial charge < -0.3 is 15.0 Å². The van der Waals surface area contributed by atoms with E-state index in [1.165, 1.54) is 12.8 Å². The van der Waals surface area contributed by atoms with Crippen molar-refractivity contribution in [3.8, 4) is 5.75 Å². The van der Waals surface area contributed by atoms with Gasteiger partial charge in [-0.2, -0.15) is 0 Å². The Balaban J connectivity index is 1.79. The maximum absolute atomic E-state index is 10.1. The summed E-state index contributed by atoms with van der Waals surface area (Å²) in [6.45, 7) is 5.25. The Labute approximate surface area is 131 Å². The Hall–Kier alpha value is -1.88. The van der Waals surface area contributed by atoms with Gasteiger partial charge in [-0.05, 0) is 32.3 Å². The lowest BCUT2D eigenvalue weighted by Crippen LogP contribution is -2.27. The van der Waals surface area contributed by atoms with E-state index >= 15 is 0 Å². The minimum absolute atomic E-state index is 0.101. The molecule has 0 saturated carbocycles. The first kappa shape index (κ1) is 15.0. The number of aromatic nitrogens is 3. The molecule has 3 rings (SSSR count). The lowest BCUT2D eigenvalue weighted by Gasteiger charge is -2.24. The van der Waals surface area contributed by atoms with Crippen LogP contribution in [0.2, 0.25) is 0 Å². The molecule has 1 aromatic heterocycles. The summed E-state index contributed by atoms with van der Waals surface area (Å²) in [7, 11) is 0. The van der Waals surface area contributed by atoms with Crippen LogP contribution in [0.25, 0.3) is 0 Å². The van der Waals surface area contributed by atoms with Crippen molar-refractivity contribution >= 4 is 0 Å². The molecular formula is C17H24N4O. The topological polar surface area (TPSA) is 63.0 Å². The van der Waals surface area contributed by atoms with Crippen LogP contribution in [0.1, 0.15) is 62.4 Å². The normalized spacial score (nSPS) is 17.0. The number of phenols is 1. The minimum atomic E-state index is 0.101. The molecule has 1 aliphatic rings. The summed E-state index contributed by atoms with van der Waals surface area (Å²) in [6, 6.07) is 7.73. The van der Waals surface area contributed by atoms with E-state index in [0.29, 0.717) is 5.75 Å². The van der Waals surface area contributed by atoms with Gasteiger partial charge in [-0.1, -0.05) is 25.1 Å². The third kappa shape index (κ3) is 2.86. The van der Waals surface area contributed by atoms with Gasteiger partial charge in [0.25, 0.3) is 0 Å². The van der Waals surface area contributed by atoms with Gasteiger partial charge in [0.1, 0.15) is 17.4 Å². The Kier molecular flexibility index (Phi) is 4.43. The second-order valence-corrected chi connectivity index (χ2v) is 5.99. The van der Waals surface area contributed by atoms with Crippen molar-refractivity contribution in [3.63, 3.8) is 0 Å². The average Bonchev–Trinajstić information content (AvgIpc) is 2.97. The molecule has 0 aliphatic carbocycles. The number of benzene rings is 1. The summed E-state index contributed by atoms with van der Waals surface area (Å²) in [5, 5.41) is 22.4. The van der Waals surface area contributed by atoms with Gasteiger partial charge >= 0.3 is 0 Å². The molecule has 0 spiro atoms. The number of hydrogen-bond donors (Lipinski definition) is 2. The molecule has 2 heterocycles. The van der Waals surface area contributed by atoms with E-state index in [1.807, 2.05) is 18.2 Å². The second-order valence-electron chi connectivity index (χ2n) is 5.99. The van der Waals surface area contributed by atoms with Crippen LogP contribution < -0.4 is 5.32 Å². The predicted octanol–water partition coefficient (Wildman–Crippen LogP) is 3.12. The Morgan fingerprint density at radius 2 is 2.09 bits per heavy atom. The van der Waals surface area contributed by atoms with E-state index in [9.17, 15) is 5.11 Å². The molecule has 1 aliphatic heterocycles. The zero-order valence-electron chi connectivity index (χ0n) is 13.3. The molecule has 5 nitrogen and oxygen atoms in total. The highest BCUT2D eigenvalue weighted by molar-refractivity contribution is 5.34. The Bertz CT molecular complexity index is 637. The Morgan fingerprint density at radius 1 is 1.27 bits per heavy atom. The highest BCUT2D eigenvalue weighted by atomic mass is 16.3. The van der Waals surface area contributed by atoms with Crippen molar-refractivity contribution in [2.24, 2.45) is 0 Å². The SMILES string of the molecule is CC[C@H](N[C@H](C)c1nnc2n1CCCC2)c1ccccc1O. The molecule has 0 amide bonds. The van der Waals surface area contributed by atoms with E-state index in [1.54, 1.807) is 6.07 Å². The molecule has 2 aromatic rings. The third-order valence-electron chi connectivity index (χ3n) is 4.45. The molecule has 5 heteroatoms. The lowest BCUT2D eigenvalue weighted by atomic mass is 10.0. The van der Waals surface area contributed by atoms with Gasteiger partial charge in [0.2, 0.25) is 0 Å². The van der Waals surface area contributed by atoms with E-state index in [-0.39, 0.29) is 12.1 Å². The summed E-state index contributed by atoms with van der Waals surface area (Å²) < 4.78 is 2.25. The van der Waals surface area contributed by atoms with Gasteiger partial charge in [-0.15, -0.1) is 10.2 Å². The van der Waals surface area contributed by atoms with Crippen molar-refractivity contribution < 1.29 is 5.11 Å². The fourth-order valence-corrected chi connectivity index (χ4v) is 3.24. The summed E-state index contributed by atoms with van der Waals surface area (Å²) in [6.07, 6.45) is 4.33. The van der Waals surface area contributed by atoms with Gasteiger partial charge in [-0.3, -0.25) is 0 Å². The van der Waals surface area contributed by atoms with Crippen LogP contribution in [-0.2, 0) is 13.0 Å². The lowest BCUT2D eigenvalue weighted by molar-refractivity contribution is 0.398. The van der Waals surface area contributed by atoms with Crippen LogP contribution in [0.15, 0.2) is 24.3 Å². The quantitative estimate of drug-likeness (QED) is 0.890. The first-order valence-corrected chi connectivity index (χ1v) is 8.16. The van der Waals surface area contributed by atoms with Crippen molar-refractivity contribution in [2.75, 3.05) is 0 Å². The van der Waals surface area contributed by atoms with E-state index in [0.717, 1.165) is 36.6 Å². The molecule has 0 radical (unpaired) electrons. The van der Waals surface area contributed by atoms with E-state index in [4.69, 9.17) is 0 Å². The van der Waals surface area contributed by atoms with Crippen LogP contribution in [0, 0.1) is 0 Å². The number of fused-ring (bicyclic) bond motifs is 1. The van der Waals surface area contributed by atoms with Gasteiger partial charge in [0.15, 0.2) is 0 Å². The zero-order valence-corrected chi connectivity index (χ0v) is 13.3. The highest BCUT2D eigenvalue weighted by Gasteiger charge is 2.23. The average molecular weight is 300 g/mol. The maximum atomic E-state index is 10.1. The zero-order chi connectivity index (χ0) is 15.5. The summed E-state index contributed by atoms with van der Waals surface area (Å²) in [4.78, 5) is 0. The largest absolute Gasteiger partial charge is 0.508 e. The number of hydrogen-bond acceptors (Lipinski definition) is 4. The minimum Gasteiger partial charge on any atom is -0.508 e. The highest BCUT2D eigenvalue weighted by Crippen LogP contribution is 2.28. The van der Waals surface area contributed by atoms with Crippen LogP contribution in [-0.4, -0.2) is 19.9 Å². The summed E-state index contributed by atoms with van der Waals surface area (Å²) >= 11 is 0. The molecule has 0 saturated heterocycles. The first-order chi connectivity index (χ1) is 10.7. The monoisotopic (exact) mass is 300 g/mol. The standard InChI is InChI=1S/C17H24N4O/c1-3-14(13-8-4-5-9-15(13)22)18-12(2)17-20-19-16-10-6-7-11-21(16)17/h4-5,8-9,12,14,18,22H,3,6-7,10-11H2,1-2H3/t12-,14+/m1/s1. The van der Waals surface area contributed by atoms with Crippen molar-refractivity contribution in [2.45, 2.75) is 58.2 Å². The van der Waals surface area contributed by atoms with Gasteiger partial charge in [0.05, 0.1) is 6.04 Å². The van der Waals surface area contributed by atoms with Crippen LogP contribution >= 0.6 is 0 Å². The molecule has 118 valence electrons. The van der Waals surface area contributed by atoms with Gasteiger partial charge in [0, 0.05) is 24.6 Å². The van der Waals surface area contributed by atoms with Crippen LogP contribution in [0.4, 0.5) is 0 Å². The van der Waals surface area contributed by atoms with E-state index < -0.39 is 0 Å². The number of phenolic OH excluding ortho intramolecular Hbond substituents is 1. The van der Waals surface area contributed by atoms with Gasteiger partial charge in [-0.25, -0.2) is 0 Å². The number of nitrogens with one attached hydrogen (secondary N) is 1. The van der Waals surface area contributed by atoms with Crippen LogP contribution in [0.3, 0.4) is 0 Å². The number of nitrogens with zero attached hydrogens (tertiary/aromatic N) is 3. The van der Waals surface area contributed by atoms with Crippen molar-refractivity contribution in [1.82, 2.24) is 20.1 Å². The molecule has 2 N–H and O–H groups in total. The summed E-state index contributed by atoms with van der Waals surface area (Å²) in [5.74, 6) is 2.45. The maximum Gasteiger partial charge on any atom is 0.149 e. The molecule has 22 heavy (non-hydrogen) atoms. The number of para-hydroxylation sites is 1. The molecule has 0 bridgehead atoms. The molecule has 1 aromatic carbocycles. The fourth-order valence-electron chi connectivity index (χ4n) is 3.24. The number of aromatic hydroxyl groups is 1. The number of rotatable bonds is 5. The first-order valence-electron chi connectivity index (χ1n) is 8.16.